The molecule has 0 aliphatic carbocycles. The molecule has 2 aromatic heterocycles. The third kappa shape index (κ3) is 4.64. The predicted octanol–water partition coefficient (Wildman–Crippen LogP) is 5.09. The molecule has 0 aliphatic rings. The Labute approximate surface area is 231 Å². The van der Waals surface area contributed by atoms with Crippen molar-refractivity contribution in [2.75, 3.05) is 0 Å². The Balaban J connectivity index is 1.99. The summed E-state index contributed by atoms with van der Waals surface area (Å²) in [6.45, 7) is 8.89. The SMILES string of the molecule is CCc1cc(CC)n([CH](n2nc(CC)cc2CC)[Sn]([c]2ccccc2)([c]2ccccc2)[c]2ccccc2)n1. The summed E-state index contributed by atoms with van der Waals surface area (Å²) in [5, 5.41) is 10.7. The molecule has 5 heteroatoms. The molecule has 0 atom stereocenters. The first-order chi connectivity index (χ1) is 18.7. The second-order valence-electron chi connectivity index (χ2n) is 9.84. The van der Waals surface area contributed by atoms with Gasteiger partial charge in [-0.25, -0.2) is 0 Å². The molecular weight excluding hydrogens is 571 g/mol. The van der Waals surface area contributed by atoms with E-state index < -0.39 is 18.4 Å². The summed E-state index contributed by atoms with van der Waals surface area (Å²) >= 11 is -3.97. The molecule has 2 heterocycles. The Hall–Kier alpha value is -3.12. The number of aryl methyl sites for hydroxylation is 4. The van der Waals surface area contributed by atoms with E-state index in [0.717, 1.165) is 37.1 Å². The van der Waals surface area contributed by atoms with Crippen LogP contribution in [0.25, 0.3) is 0 Å². The molecular formula is C33H38N4Sn. The fraction of sp³-hybridized carbons (Fsp3) is 0.273. The number of hydrogen-bond acceptors (Lipinski definition) is 2. The third-order valence-corrected chi connectivity index (χ3v) is 22.0. The fourth-order valence-electron chi connectivity index (χ4n) is 5.80. The van der Waals surface area contributed by atoms with Crippen molar-refractivity contribution in [2.45, 2.75) is 57.6 Å². The molecule has 38 heavy (non-hydrogen) atoms. The Bertz CT molecular complexity index is 1310. The summed E-state index contributed by atoms with van der Waals surface area (Å²) in [4.78, 5) is 0. The topological polar surface area (TPSA) is 35.6 Å². The van der Waals surface area contributed by atoms with Crippen molar-refractivity contribution in [1.29, 1.82) is 0 Å². The average Bonchev–Trinajstić information content (AvgIpc) is 3.61. The number of rotatable bonds is 10. The van der Waals surface area contributed by atoms with Crippen LogP contribution in [0.1, 0.15) is 54.7 Å². The van der Waals surface area contributed by atoms with Crippen molar-refractivity contribution in [3.05, 3.63) is 126 Å². The van der Waals surface area contributed by atoms with Gasteiger partial charge in [-0.05, 0) is 0 Å². The summed E-state index contributed by atoms with van der Waals surface area (Å²) in [5.74, 6) is 0. The van der Waals surface area contributed by atoms with Gasteiger partial charge in [0.1, 0.15) is 0 Å². The summed E-state index contributed by atoms with van der Waals surface area (Å²) in [5.41, 5.74) is 4.82. The Morgan fingerprint density at radius 1 is 0.526 bits per heavy atom. The first-order valence-corrected chi connectivity index (χ1v) is 19.9. The maximum absolute atomic E-state index is 5.34. The van der Waals surface area contributed by atoms with Crippen LogP contribution < -0.4 is 10.7 Å². The van der Waals surface area contributed by atoms with Gasteiger partial charge in [-0.15, -0.1) is 0 Å². The zero-order valence-corrected chi connectivity index (χ0v) is 25.9. The second kappa shape index (κ2) is 11.7. The standard InChI is InChI=1S/C15H23N4.3C6H5.Sn/c1-5-12-9-14(7-3)18(16-12)11-19-15(8-4)10-13(6-2)17-19;3*1-2-4-6-5-3-1;/h9-11H,5-8H2,1-4H3;3*1-5H;. The van der Waals surface area contributed by atoms with Crippen molar-refractivity contribution in [1.82, 2.24) is 19.6 Å². The zero-order valence-electron chi connectivity index (χ0n) is 23.0. The molecule has 0 amide bonds. The molecule has 5 aromatic rings. The minimum atomic E-state index is -3.97. The van der Waals surface area contributed by atoms with E-state index >= 15 is 0 Å². The Morgan fingerprint density at radius 3 is 1.16 bits per heavy atom. The van der Waals surface area contributed by atoms with E-state index in [4.69, 9.17) is 10.2 Å². The van der Waals surface area contributed by atoms with Gasteiger partial charge in [0, 0.05) is 0 Å². The summed E-state index contributed by atoms with van der Waals surface area (Å²) in [6.07, 6.45) is 3.68. The van der Waals surface area contributed by atoms with E-state index in [1.54, 1.807) is 0 Å². The van der Waals surface area contributed by atoms with Crippen molar-refractivity contribution in [3.8, 4) is 0 Å². The van der Waals surface area contributed by atoms with Crippen LogP contribution in [0.3, 0.4) is 0 Å². The van der Waals surface area contributed by atoms with Gasteiger partial charge in [-0.1, -0.05) is 0 Å². The number of aromatic nitrogens is 4. The van der Waals surface area contributed by atoms with Gasteiger partial charge in [-0.2, -0.15) is 0 Å². The summed E-state index contributed by atoms with van der Waals surface area (Å²) in [7, 11) is 0. The monoisotopic (exact) mass is 610 g/mol. The zero-order chi connectivity index (χ0) is 26.5. The Kier molecular flexibility index (Phi) is 8.17. The maximum atomic E-state index is 5.34. The van der Waals surface area contributed by atoms with E-state index in [-0.39, 0.29) is 4.18 Å². The van der Waals surface area contributed by atoms with Gasteiger partial charge in [0.2, 0.25) is 0 Å². The molecule has 0 saturated heterocycles. The molecule has 0 aliphatic heterocycles. The van der Waals surface area contributed by atoms with Gasteiger partial charge < -0.3 is 0 Å². The predicted molar refractivity (Wildman–Crippen MR) is 160 cm³/mol. The molecule has 194 valence electrons. The van der Waals surface area contributed by atoms with Gasteiger partial charge in [0.15, 0.2) is 0 Å². The first-order valence-electron chi connectivity index (χ1n) is 14.0. The molecule has 5 rings (SSSR count). The molecule has 0 fully saturated rings. The van der Waals surface area contributed by atoms with Crippen LogP contribution in [0.2, 0.25) is 0 Å². The fourth-order valence-corrected chi connectivity index (χ4v) is 20.7. The van der Waals surface area contributed by atoms with Crippen LogP contribution in [-0.2, 0) is 25.7 Å². The number of benzene rings is 3. The van der Waals surface area contributed by atoms with E-state index in [1.807, 2.05) is 0 Å². The first kappa shape index (κ1) is 26.5. The third-order valence-electron chi connectivity index (χ3n) is 7.71. The minimum absolute atomic E-state index is 0.0398. The van der Waals surface area contributed by atoms with E-state index in [9.17, 15) is 0 Å². The van der Waals surface area contributed by atoms with Crippen molar-refractivity contribution >= 4 is 29.1 Å². The van der Waals surface area contributed by atoms with Crippen molar-refractivity contribution in [3.63, 3.8) is 0 Å². The number of nitrogens with zero attached hydrogens (tertiary/aromatic N) is 4. The molecule has 0 spiro atoms. The summed E-state index contributed by atoms with van der Waals surface area (Å²) < 4.78 is 8.98. The molecule has 0 saturated carbocycles. The second-order valence-corrected chi connectivity index (χ2v) is 20.9. The van der Waals surface area contributed by atoms with Crippen LogP contribution in [0.5, 0.6) is 0 Å². The van der Waals surface area contributed by atoms with Crippen LogP contribution in [0.4, 0.5) is 0 Å². The molecule has 0 radical (unpaired) electrons. The average molecular weight is 609 g/mol. The Morgan fingerprint density at radius 2 is 0.868 bits per heavy atom. The normalized spacial score (nSPS) is 11.8. The molecule has 0 N–H and O–H groups in total. The van der Waals surface area contributed by atoms with Gasteiger partial charge >= 0.3 is 232 Å². The molecule has 0 bridgehead atoms. The van der Waals surface area contributed by atoms with Crippen LogP contribution in [-0.4, -0.2) is 37.9 Å². The van der Waals surface area contributed by atoms with Gasteiger partial charge in [0.25, 0.3) is 0 Å². The van der Waals surface area contributed by atoms with E-state index in [2.05, 4.69) is 140 Å². The van der Waals surface area contributed by atoms with E-state index in [1.165, 1.54) is 22.1 Å². The molecule has 4 nitrogen and oxygen atoms in total. The number of hydrogen-bond donors (Lipinski definition) is 0. The molecule has 0 unspecified atom stereocenters. The summed E-state index contributed by atoms with van der Waals surface area (Å²) in [6, 6.07) is 38.3. The van der Waals surface area contributed by atoms with Gasteiger partial charge in [-0.3, -0.25) is 0 Å². The molecule has 3 aromatic carbocycles. The quantitative estimate of drug-likeness (QED) is 0.207. The van der Waals surface area contributed by atoms with Crippen LogP contribution in [0, 0.1) is 0 Å². The van der Waals surface area contributed by atoms with Crippen LogP contribution >= 0.6 is 0 Å². The van der Waals surface area contributed by atoms with E-state index in [0.29, 0.717) is 0 Å². The van der Waals surface area contributed by atoms with Crippen molar-refractivity contribution < 1.29 is 0 Å². The van der Waals surface area contributed by atoms with Gasteiger partial charge in [0.05, 0.1) is 0 Å². The van der Waals surface area contributed by atoms with Crippen LogP contribution in [0.15, 0.2) is 103 Å². The van der Waals surface area contributed by atoms with Crippen molar-refractivity contribution in [2.24, 2.45) is 0 Å².